The standard InChI is InChI=1S/C18H20N2O/c1-3-13-10-20-9-8-18(13,21)12(2)17-15(11-20)14-6-4-5-7-16(14)19-17/h3-7,19,21H,2,8-11H2,1H3/t18-/m0/s1. The van der Waals surface area contributed by atoms with Gasteiger partial charge in [-0.25, -0.2) is 0 Å². The monoisotopic (exact) mass is 280 g/mol. The van der Waals surface area contributed by atoms with Crippen molar-refractivity contribution in [2.45, 2.75) is 25.5 Å². The Balaban J connectivity index is 1.99. The van der Waals surface area contributed by atoms with Crippen molar-refractivity contribution in [2.24, 2.45) is 0 Å². The molecule has 3 aliphatic heterocycles. The Morgan fingerprint density at radius 2 is 2.14 bits per heavy atom. The number of hydrogen-bond acceptors (Lipinski definition) is 2. The molecular formula is C18H20N2O. The lowest BCUT2D eigenvalue weighted by Crippen LogP contribution is -2.48. The molecule has 5 rings (SSSR count). The van der Waals surface area contributed by atoms with Gasteiger partial charge in [0, 0.05) is 41.8 Å². The van der Waals surface area contributed by atoms with Crippen LogP contribution >= 0.6 is 0 Å². The topological polar surface area (TPSA) is 39.3 Å². The quantitative estimate of drug-likeness (QED) is 0.728. The van der Waals surface area contributed by atoms with E-state index in [-0.39, 0.29) is 0 Å². The number of aromatic nitrogens is 1. The average Bonchev–Trinajstić information content (AvgIpc) is 2.85. The first kappa shape index (κ1) is 12.9. The van der Waals surface area contributed by atoms with Gasteiger partial charge >= 0.3 is 0 Å². The molecule has 0 radical (unpaired) electrons. The minimum absolute atomic E-state index is 0.723. The van der Waals surface area contributed by atoms with Crippen LogP contribution < -0.4 is 0 Å². The molecule has 1 saturated heterocycles. The molecule has 2 bridgehead atoms. The van der Waals surface area contributed by atoms with Crippen LogP contribution in [0.3, 0.4) is 0 Å². The summed E-state index contributed by atoms with van der Waals surface area (Å²) in [4.78, 5) is 5.89. The van der Waals surface area contributed by atoms with Crippen LogP contribution in [-0.4, -0.2) is 33.7 Å². The zero-order valence-corrected chi connectivity index (χ0v) is 12.3. The van der Waals surface area contributed by atoms with Crippen molar-refractivity contribution < 1.29 is 5.11 Å². The summed E-state index contributed by atoms with van der Waals surface area (Å²) < 4.78 is 0. The molecule has 1 aromatic carbocycles. The fraction of sp³-hybridized carbons (Fsp3) is 0.333. The van der Waals surface area contributed by atoms with Crippen LogP contribution in [0.2, 0.25) is 0 Å². The summed E-state index contributed by atoms with van der Waals surface area (Å²) >= 11 is 0. The SMILES string of the molecule is C=C1c2[nH]c3ccccc3c2CN2CC[C@@]1(O)C(=CC)C2. The molecule has 2 N–H and O–H groups in total. The van der Waals surface area contributed by atoms with Crippen LogP contribution in [0.1, 0.15) is 24.6 Å². The third kappa shape index (κ3) is 1.68. The van der Waals surface area contributed by atoms with Crippen molar-refractivity contribution in [1.29, 1.82) is 0 Å². The number of aromatic amines is 1. The molecule has 4 heterocycles. The number of nitrogens with zero attached hydrogens (tertiary/aromatic N) is 1. The number of nitrogens with one attached hydrogen (secondary N) is 1. The maximum Gasteiger partial charge on any atom is 0.114 e. The molecule has 108 valence electrons. The molecule has 2 atom stereocenters. The Hall–Kier alpha value is -1.84. The maximum absolute atomic E-state index is 11.2. The Morgan fingerprint density at radius 1 is 1.33 bits per heavy atom. The lowest BCUT2D eigenvalue weighted by molar-refractivity contribution is 0.0709. The molecule has 1 aromatic heterocycles. The number of allylic oxidation sites excluding steroid dienone is 1. The van der Waals surface area contributed by atoms with E-state index in [0.717, 1.165) is 48.4 Å². The van der Waals surface area contributed by atoms with Crippen LogP contribution in [0.5, 0.6) is 0 Å². The van der Waals surface area contributed by atoms with Gasteiger partial charge in [0.1, 0.15) is 5.60 Å². The van der Waals surface area contributed by atoms with Gasteiger partial charge in [-0.15, -0.1) is 0 Å². The first-order valence-corrected chi connectivity index (χ1v) is 7.53. The van der Waals surface area contributed by atoms with Gasteiger partial charge in [-0.3, -0.25) is 4.90 Å². The normalized spacial score (nSPS) is 30.5. The molecule has 3 aliphatic rings. The van der Waals surface area contributed by atoms with Gasteiger partial charge in [-0.05, 0) is 30.5 Å². The number of rotatable bonds is 0. The number of hydrogen-bond donors (Lipinski definition) is 2. The Bertz CT molecular complexity index is 771. The number of piperidine rings is 1. The minimum atomic E-state index is -0.901. The molecule has 3 heteroatoms. The summed E-state index contributed by atoms with van der Waals surface area (Å²) in [5.74, 6) is 0. The highest BCUT2D eigenvalue weighted by Crippen LogP contribution is 2.43. The zero-order valence-electron chi connectivity index (χ0n) is 12.3. The molecule has 2 aromatic rings. The predicted octanol–water partition coefficient (Wildman–Crippen LogP) is 3.08. The fourth-order valence-electron chi connectivity index (χ4n) is 3.79. The molecule has 3 nitrogen and oxygen atoms in total. The highest BCUT2D eigenvalue weighted by atomic mass is 16.3. The van der Waals surface area contributed by atoms with Crippen molar-refractivity contribution in [3.8, 4) is 0 Å². The van der Waals surface area contributed by atoms with Crippen LogP contribution in [0.4, 0.5) is 0 Å². The van der Waals surface area contributed by atoms with Gasteiger partial charge in [0.25, 0.3) is 0 Å². The lowest BCUT2D eigenvalue weighted by Gasteiger charge is -2.44. The van der Waals surface area contributed by atoms with Crippen molar-refractivity contribution in [1.82, 2.24) is 9.88 Å². The Morgan fingerprint density at radius 3 is 2.95 bits per heavy atom. The highest BCUT2D eigenvalue weighted by Gasteiger charge is 2.42. The van der Waals surface area contributed by atoms with Crippen molar-refractivity contribution >= 4 is 16.5 Å². The summed E-state index contributed by atoms with van der Waals surface area (Å²) in [6, 6.07) is 8.34. The van der Waals surface area contributed by atoms with Crippen LogP contribution in [-0.2, 0) is 6.54 Å². The largest absolute Gasteiger partial charge is 0.381 e. The molecule has 1 fully saturated rings. The zero-order chi connectivity index (χ0) is 14.6. The van der Waals surface area contributed by atoms with Crippen LogP contribution in [0.25, 0.3) is 16.5 Å². The van der Waals surface area contributed by atoms with Crippen molar-refractivity contribution in [2.75, 3.05) is 13.1 Å². The van der Waals surface area contributed by atoms with Crippen molar-refractivity contribution in [3.05, 3.63) is 53.8 Å². The molecule has 1 unspecified atom stereocenters. The van der Waals surface area contributed by atoms with Crippen LogP contribution in [0.15, 0.2) is 42.5 Å². The second-order valence-corrected chi connectivity index (χ2v) is 6.14. The van der Waals surface area contributed by atoms with E-state index in [0.29, 0.717) is 0 Å². The van der Waals surface area contributed by atoms with Crippen LogP contribution in [0, 0.1) is 0 Å². The second kappa shape index (κ2) is 4.33. The van der Waals surface area contributed by atoms with Gasteiger partial charge in [0.05, 0.1) is 0 Å². The van der Waals surface area contributed by atoms with E-state index in [4.69, 9.17) is 0 Å². The summed E-state index contributed by atoms with van der Waals surface area (Å²) in [5, 5.41) is 12.5. The first-order chi connectivity index (χ1) is 10.1. The predicted molar refractivity (Wildman–Crippen MR) is 85.9 cm³/mol. The second-order valence-electron chi connectivity index (χ2n) is 6.14. The van der Waals surface area contributed by atoms with E-state index >= 15 is 0 Å². The summed E-state index contributed by atoms with van der Waals surface area (Å²) in [7, 11) is 0. The Labute approximate surface area is 124 Å². The van der Waals surface area contributed by atoms with E-state index in [9.17, 15) is 5.11 Å². The number of para-hydroxylation sites is 1. The van der Waals surface area contributed by atoms with E-state index in [1.54, 1.807) is 0 Å². The minimum Gasteiger partial charge on any atom is -0.381 e. The van der Waals surface area contributed by atoms with Gasteiger partial charge in [0.2, 0.25) is 0 Å². The Kier molecular flexibility index (Phi) is 2.65. The van der Waals surface area contributed by atoms with Gasteiger partial charge in [-0.2, -0.15) is 0 Å². The third-order valence-corrected chi connectivity index (χ3v) is 5.06. The summed E-state index contributed by atoms with van der Waals surface area (Å²) in [6.45, 7) is 8.90. The maximum atomic E-state index is 11.2. The van der Waals surface area contributed by atoms with E-state index < -0.39 is 5.60 Å². The molecule has 0 spiro atoms. The molecule has 0 saturated carbocycles. The smallest absolute Gasteiger partial charge is 0.114 e. The molecular weight excluding hydrogens is 260 g/mol. The molecule has 0 amide bonds. The third-order valence-electron chi connectivity index (χ3n) is 5.06. The van der Waals surface area contributed by atoms with Gasteiger partial charge < -0.3 is 10.1 Å². The summed E-state index contributed by atoms with van der Waals surface area (Å²) in [6.07, 6.45) is 2.77. The first-order valence-electron chi connectivity index (χ1n) is 7.53. The van der Waals surface area contributed by atoms with E-state index in [1.165, 1.54) is 10.9 Å². The van der Waals surface area contributed by atoms with Gasteiger partial charge in [-0.1, -0.05) is 30.9 Å². The molecule has 21 heavy (non-hydrogen) atoms. The van der Waals surface area contributed by atoms with Crippen molar-refractivity contribution in [3.63, 3.8) is 0 Å². The number of benzene rings is 1. The highest BCUT2D eigenvalue weighted by molar-refractivity contribution is 5.91. The number of aliphatic hydroxyl groups is 1. The fourth-order valence-corrected chi connectivity index (χ4v) is 3.79. The van der Waals surface area contributed by atoms with Gasteiger partial charge in [0.15, 0.2) is 0 Å². The van der Waals surface area contributed by atoms with E-state index in [1.807, 2.05) is 19.1 Å². The number of fused-ring (bicyclic) bond motifs is 3. The summed E-state index contributed by atoms with van der Waals surface area (Å²) in [5.41, 5.74) is 4.40. The molecule has 0 aliphatic carbocycles. The lowest BCUT2D eigenvalue weighted by atomic mass is 9.76. The average molecular weight is 280 g/mol. The number of H-pyrrole nitrogens is 1. The van der Waals surface area contributed by atoms with E-state index in [2.05, 4.69) is 34.7 Å².